The standard InChI is InChI=1S/C14H18ClNO4/c1-8(2)6-11(14(19)20-3)16-13(18)9-4-5-12(17)10(15)7-9/h4-5,7-8,11,17H,6H2,1-3H3,(H,16,18). The van der Waals surface area contributed by atoms with Crippen molar-refractivity contribution in [1.82, 2.24) is 5.32 Å². The van der Waals surface area contributed by atoms with Gasteiger partial charge < -0.3 is 15.2 Å². The maximum atomic E-state index is 12.1. The summed E-state index contributed by atoms with van der Waals surface area (Å²) in [6.07, 6.45) is 0.476. The molecule has 0 fully saturated rings. The molecule has 0 saturated carbocycles. The molecule has 1 amide bonds. The minimum atomic E-state index is -0.708. The Morgan fingerprint density at radius 3 is 2.55 bits per heavy atom. The lowest BCUT2D eigenvalue weighted by Gasteiger charge is -2.18. The van der Waals surface area contributed by atoms with Crippen LogP contribution < -0.4 is 5.32 Å². The van der Waals surface area contributed by atoms with E-state index in [0.29, 0.717) is 6.42 Å². The highest BCUT2D eigenvalue weighted by atomic mass is 35.5. The van der Waals surface area contributed by atoms with Crippen molar-refractivity contribution in [1.29, 1.82) is 0 Å². The van der Waals surface area contributed by atoms with Crippen LogP contribution in [0.25, 0.3) is 0 Å². The molecule has 1 rings (SSSR count). The van der Waals surface area contributed by atoms with Gasteiger partial charge in [0.2, 0.25) is 0 Å². The number of aromatic hydroxyl groups is 1. The van der Waals surface area contributed by atoms with Crippen molar-refractivity contribution in [2.45, 2.75) is 26.3 Å². The molecule has 1 aromatic carbocycles. The molecular weight excluding hydrogens is 282 g/mol. The molecule has 0 aliphatic heterocycles. The quantitative estimate of drug-likeness (QED) is 0.818. The van der Waals surface area contributed by atoms with E-state index in [1.54, 1.807) is 0 Å². The second kappa shape index (κ2) is 7.14. The monoisotopic (exact) mass is 299 g/mol. The molecule has 1 atom stereocenters. The predicted molar refractivity (Wildman–Crippen MR) is 75.8 cm³/mol. The number of hydrogen-bond donors (Lipinski definition) is 2. The number of rotatable bonds is 5. The van der Waals surface area contributed by atoms with Crippen molar-refractivity contribution in [2.75, 3.05) is 7.11 Å². The smallest absolute Gasteiger partial charge is 0.328 e. The number of halogens is 1. The number of phenolic OH excluding ortho intramolecular Hbond substituents is 1. The SMILES string of the molecule is COC(=O)C(CC(C)C)NC(=O)c1ccc(O)c(Cl)c1. The molecule has 0 aliphatic carbocycles. The molecule has 1 unspecified atom stereocenters. The third-order valence-electron chi connectivity index (χ3n) is 2.71. The molecule has 0 aromatic heterocycles. The number of esters is 1. The lowest BCUT2D eigenvalue weighted by Crippen LogP contribution is -2.42. The zero-order valence-electron chi connectivity index (χ0n) is 11.6. The fourth-order valence-electron chi connectivity index (χ4n) is 1.72. The number of carbonyl (C=O) groups is 2. The average molecular weight is 300 g/mol. The summed E-state index contributed by atoms with van der Waals surface area (Å²) in [6, 6.07) is 3.39. The van der Waals surface area contributed by atoms with Gasteiger partial charge in [0.05, 0.1) is 12.1 Å². The minimum Gasteiger partial charge on any atom is -0.506 e. The van der Waals surface area contributed by atoms with E-state index in [2.05, 4.69) is 10.1 Å². The van der Waals surface area contributed by atoms with Gasteiger partial charge in [0.25, 0.3) is 5.91 Å². The van der Waals surface area contributed by atoms with Gasteiger partial charge >= 0.3 is 5.97 Å². The molecule has 0 radical (unpaired) electrons. The van der Waals surface area contributed by atoms with Crippen LogP contribution in [0.3, 0.4) is 0 Å². The van der Waals surface area contributed by atoms with Crippen molar-refractivity contribution in [3.63, 3.8) is 0 Å². The first kappa shape index (κ1) is 16.3. The van der Waals surface area contributed by atoms with E-state index in [4.69, 9.17) is 11.6 Å². The van der Waals surface area contributed by atoms with Gasteiger partial charge in [0.1, 0.15) is 11.8 Å². The van der Waals surface area contributed by atoms with E-state index in [-0.39, 0.29) is 22.3 Å². The molecule has 0 aliphatic rings. The Balaban J connectivity index is 2.84. The highest BCUT2D eigenvalue weighted by Crippen LogP contribution is 2.23. The van der Waals surface area contributed by atoms with Crippen molar-refractivity contribution in [3.8, 4) is 5.75 Å². The molecule has 0 saturated heterocycles. The van der Waals surface area contributed by atoms with Crippen molar-refractivity contribution in [2.24, 2.45) is 5.92 Å². The van der Waals surface area contributed by atoms with Crippen LogP contribution in [0.5, 0.6) is 5.75 Å². The summed E-state index contributed by atoms with van der Waals surface area (Å²) in [6.45, 7) is 3.89. The first-order valence-corrected chi connectivity index (χ1v) is 6.60. The number of methoxy groups -OCH3 is 1. The fraction of sp³-hybridized carbons (Fsp3) is 0.429. The molecular formula is C14H18ClNO4. The van der Waals surface area contributed by atoms with E-state index in [1.165, 1.54) is 25.3 Å². The molecule has 5 nitrogen and oxygen atoms in total. The lowest BCUT2D eigenvalue weighted by molar-refractivity contribution is -0.143. The number of phenols is 1. The van der Waals surface area contributed by atoms with Gasteiger partial charge in [-0.15, -0.1) is 0 Å². The van der Waals surface area contributed by atoms with E-state index < -0.39 is 17.9 Å². The predicted octanol–water partition coefficient (Wildman–Crippen LogP) is 2.36. The van der Waals surface area contributed by atoms with Crippen LogP contribution in [-0.2, 0) is 9.53 Å². The number of carbonyl (C=O) groups excluding carboxylic acids is 2. The number of ether oxygens (including phenoxy) is 1. The zero-order chi connectivity index (χ0) is 15.3. The van der Waals surface area contributed by atoms with Gasteiger partial charge in [-0.1, -0.05) is 25.4 Å². The van der Waals surface area contributed by atoms with Gasteiger partial charge in [-0.05, 0) is 30.5 Å². The largest absolute Gasteiger partial charge is 0.506 e. The number of hydrogen-bond acceptors (Lipinski definition) is 4. The summed E-state index contributed by atoms with van der Waals surface area (Å²) in [5.74, 6) is -0.808. The first-order chi connectivity index (χ1) is 9.35. The molecule has 6 heteroatoms. The maximum Gasteiger partial charge on any atom is 0.328 e. The number of amides is 1. The van der Waals surface area contributed by atoms with Gasteiger partial charge in [-0.25, -0.2) is 4.79 Å². The van der Waals surface area contributed by atoms with E-state index in [0.717, 1.165) is 0 Å². The maximum absolute atomic E-state index is 12.1. The number of benzene rings is 1. The van der Waals surface area contributed by atoms with Crippen LogP contribution in [-0.4, -0.2) is 30.1 Å². The van der Waals surface area contributed by atoms with Crippen LogP contribution in [0.1, 0.15) is 30.6 Å². The summed E-state index contributed by atoms with van der Waals surface area (Å²) in [5.41, 5.74) is 0.269. The van der Waals surface area contributed by atoms with Gasteiger partial charge in [0, 0.05) is 5.56 Å². The third kappa shape index (κ3) is 4.42. The van der Waals surface area contributed by atoms with Gasteiger partial charge in [-0.2, -0.15) is 0 Å². The van der Waals surface area contributed by atoms with E-state index >= 15 is 0 Å². The molecule has 0 heterocycles. The van der Waals surface area contributed by atoms with Crippen LogP contribution in [0.2, 0.25) is 5.02 Å². The average Bonchev–Trinajstić information content (AvgIpc) is 2.39. The van der Waals surface area contributed by atoms with Crippen LogP contribution in [0.4, 0.5) is 0 Å². The molecule has 0 spiro atoms. The summed E-state index contributed by atoms with van der Waals surface area (Å²) in [4.78, 5) is 23.7. The normalized spacial score (nSPS) is 12.1. The summed E-state index contributed by atoms with van der Waals surface area (Å²) < 4.78 is 4.67. The Bertz CT molecular complexity index is 502. The molecule has 110 valence electrons. The second-order valence-corrected chi connectivity index (χ2v) is 5.25. The van der Waals surface area contributed by atoms with E-state index in [1.807, 2.05) is 13.8 Å². The lowest BCUT2D eigenvalue weighted by atomic mass is 10.0. The second-order valence-electron chi connectivity index (χ2n) is 4.84. The van der Waals surface area contributed by atoms with Gasteiger partial charge in [-0.3, -0.25) is 4.79 Å². The summed E-state index contributed by atoms with van der Waals surface area (Å²) in [7, 11) is 1.28. The Morgan fingerprint density at radius 1 is 1.40 bits per heavy atom. The highest BCUT2D eigenvalue weighted by Gasteiger charge is 2.23. The molecule has 1 aromatic rings. The molecule has 0 bridgehead atoms. The van der Waals surface area contributed by atoms with Crippen molar-refractivity contribution >= 4 is 23.5 Å². The van der Waals surface area contributed by atoms with Gasteiger partial charge in [0.15, 0.2) is 0 Å². The Labute approximate surface area is 122 Å². The van der Waals surface area contributed by atoms with Crippen LogP contribution in [0, 0.1) is 5.92 Å². The Kier molecular flexibility index (Phi) is 5.82. The summed E-state index contributed by atoms with van der Waals surface area (Å²) >= 11 is 5.75. The Hall–Kier alpha value is -1.75. The fourth-order valence-corrected chi connectivity index (χ4v) is 1.90. The number of nitrogens with one attached hydrogen (secondary N) is 1. The zero-order valence-corrected chi connectivity index (χ0v) is 12.4. The third-order valence-corrected chi connectivity index (χ3v) is 3.01. The van der Waals surface area contributed by atoms with Crippen molar-refractivity contribution < 1.29 is 19.4 Å². The van der Waals surface area contributed by atoms with Crippen LogP contribution in [0.15, 0.2) is 18.2 Å². The molecule has 2 N–H and O–H groups in total. The highest BCUT2D eigenvalue weighted by molar-refractivity contribution is 6.32. The van der Waals surface area contributed by atoms with Crippen LogP contribution >= 0.6 is 11.6 Å². The first-order valence-electron chi connectivity index (χ1n) is 6.22. The van der Waals surface area contributed by atoms with E-state index in [9.17, 15) is 14.7 Å². The summed E-state index contributed by atoms with van der Waals surface area (Å²) in [5, 5.41) is 12.0. The van der Waals surface area contributed by atoms with Crippen molar-refractivity contribution in [3.05, 3.63) is 28.8 Å². The Morgan fingerprint density at radius 2 is 2.05 bits per heavy atom. The molecule has 20 heavy (non-hydrogen) atoms. The topological polar surface area (TPSA) is 75.6 Å². The minimum absolute atomic E-state index is 0.0797.